The van der Waals surface area contributed by atoms with Crippen molar-refractivity contribution in [3.8, 4) is 0 Å². The Hall–Kier alpha value is -0.120. The van der Waals surface area contributed by atoms with Gasteiger partial charge in [0.05, 0.1) is 6.61 Å². The highest BCUT2D eigenvalue weighted by Gasteiger charge is 2.41. The quantitative estimate of drug-likeness (QED) is 0.704. The summed E-state index contributed by atoms with van der Waals surface area (Å²) in [5.74, 6) is 1.50. The lowest BCUT2D eigenvalue weighted by atomic mass is 9.84. The van der Waals surface area contributed by atoms with Crippen molar-refractivity contribution in [2.24, 2.45) is 17.3 Å². The number of nitrogens with zero attached hydrogens (tertiary/aromatic N) is 1. The fourth-order valence-electron chi connectivity index (χ4n) is 3.70. The highest BCUT2D eigenvalue weighted by atomic mass is 16.5. The van der Waals surface area contributed by atoms with Crippen LogP contribution in [-0.2, 0) is 4.74 Å². The first kappa shape index (κ1) is 17.9. The second-order valence-electron chi connectivity index (χ2n) is 7.47. The fourth-order valence-corrected chi connectivity index (χ4v) is 3.70. The highest BCUT2D eigenvalue weighted by molar-refractivity contribution is 4.97. The van der Waals surface area contributed by atoms with Crippen molar-refractivity contribution in [2.45, 2.75) is 53.5 Å². The van der Waals surface area contributed by atoms with E-state index in [4.69, 9.17) is 4.74 Å². The Labute approximate surface area is 126 Å². The molecule has 1 rings (SSSR count). The van der Waals surface area contributed by atoms with Crippen molar-refractivity contribution >= 4 is 0 Å². The molecule has 0 aliphatic heterocycles. The summed E-state index contributed by atoms with van der Waals surface area (Å²) in [6, 6.07) is 0.657. The van der Waals surface area contributed by atoms with Crippen LogP contribution in [0.3, 0.4) is 0 Å². The lowest BCUT2D eigenvalue weighted by molar-refractivity contribution is 0.118. The molecule has 20 heavy (non-hydrogen) atoms. The Balaban J connectivity index is 2.61. The molecule has 0 amide bonds. The minimum absolute atomic E-state index is 0.436. The van der Waals surface area contributed by atoms with E-state index in [0.29, 0.717) is 11.5 Å². The van der Waals surface area contributed by atoms with E-state index >= 15 is 0 Å². The van der Waals surface area contributed by atoms with Crippen LogP contribution in [0.4, 0.5) is 0 Å². The van der Waals surface area contributed by atoms with Crippen molar-refractivity contribution in [1.82, 2.24) is 10.2 Å². The van der Waals surface area contributed by atoms with Gasteiger partial charge in [-0.15, -0.1) is 0 Å². The van der Waals surface area contributed by atoms with Crippen LogP contribution in [-0.4, -0.2) is 50.8 Å². The van der Waals surface area contributed by atoms with Gasteiger partial charge in [-0.25, -0.2) is 0 Å². The van der Waals surface area contributed by atoms with Crippen molar-refractivity contribution in [3.05, 3.63) is 0 Å². The zero-order chi connectivity index (χ0) is 15.2. The second kappa shape index (κ2) is 8.35. The molecule has 1 N–H and O–H groups in total. The summed E-state index contributed by atoms with van der Waals surface area (Å²) in [6.45, 7) is 17.0. The molecule has 1 fully saturated rings. The summed E-state index contributed by atoms with van der Waals surface area (Å²) >= 11 is 0. The van der Waals surface area contributed by atoms with E-state index in [1.54, 1.807) is 7.11 Å². The van der Waals surface area contributed by atoms with Gasteiger partial charge in [0, 0.05) is 32.8 Å². The van der Waals surface area contributed by atoms with Gasteiger partial charge in [0.25, 0.3) is 0 Å². The molecule has 1 aliphatic carbocycles. The zero-order valence-electron chi connectivity index (χ0n) is 14.5. The topological polar surface area (TPSA) is 24.5 Å². The largest absolute Gasteiger partial charge is 0.383 e. The van der Waals surface area contributed by atoms with Crippen molar-refractivity contribution in [1.29, 1.82) is 0 Å². The van der Waals surface area contributed by atoms with E-state index in [1.165, 1.54) is 25.9 Å². The van der Waals surface area contributed by atoms with E-state index in [-0.39, 0.29) is 0 Å². The Morgan fingerprint density at radius 3 is 2.60 bits per heavy atom. The zero-order valence-corrected chi connectivity index (χ0v) is 14.5. The van der Waals surface area contributed by atoms with Crippen molar-refractivity contribution < 1.29 is 4.74 Å². The Morgan fingerprint density at radius 1 is 1.35 bits per heavy atom. The molecule has 0 aromatic carbocycles. The van der Waals surface area contributed by atoms with E-state index in [2.05, 4.69) is 44.8 Å². The summed E-state index contributed by atoms with van der Waals surface area (Å²) in [5.41, 5.74) is 0.436. The molecule has 0 bridgehead atoms. The summed E-state index contributed by atoms with van der Waals surface area (Å²) in [7, 11) is 1.80. The highest BCUT2D eigenvalue weighted by Crippen LogP contribution is 2.41. The lowest BCUT2D eigenvalue weighted by Gasteiger charge is -2.34. The minimum Gasteiger partial charge on any atom is -0.383 e. The first-order valence-electron chi connectivity index (χ1n) is 8.35. The monoisotopic (exact) mass is 284 g/mol. The van der Waals surface area contributed by atoms with Crippen molar-refractivity contribution in [3.63, 3.8) is 0 Å². The van der Waals surface area contributed by atoms with Crippen LogP contribution in [0.1, 0.15) is 47.5 Å². The standard InChI is InChI=1S/C17H36N2O/c1-7-18-16-15(8-9-17(16,4)5)13-19(10-11-20-6)12-14(2)3/h14-16,18H,7-13H2,1-6H3. The van der Waals surface area contributed by atoms with Gasteiger partial charge in [0.15, 0.2) is 0 Å². The second-order valence-corrected chi connectivity index (χ2v) is 7.47. The predicted octanol–water partition coefficient (Wildman–Crippen LogP) is 3.01. The number of nitrogens with one attached hydrogen (secondary N) is 1. The third-order valence-electron chi connectivity index (χ3n) is 4.62. The molecule has 1 saturated carbocycles. The van der Waals surface area contributed by atoms with Gasteiger partial charge in [-0.1, -0.05) is 34.6 Å². The van der Waals surface area contributed by atoms with Crippen LogP contribution in [0.25, 0.3) is 0 Å². The van der Waals surface area contributed by atoms with E-state index in [1.807, 2.05) is 0 Å². The molecule has 3 heteroatoms. The molecule has 0 radical (unpaired) electrons. The normalized spacial score (nSPS) is 25.8. The van der Waals surface area contributed by atoms with Crippen molar-refractivity contribution in [2.75, 3.05) is 39.9 Å². The number of methoxy groups -OCH3 is 1. The minimum atomic E-state index is 0.436. The average molecular weight is 284 g/mol. The summed E-state index contributed by atoms with van der Waals surface area (Å²) in [6.07, 6.45) is 2.70. The van der Waals surface area contributed by atoms with Crippen LogP contribution in [0, 0.1) is 17.3 Å². The molecule has 2 unspecified atom stereocenters. The molecule has 120 valence electrons. The Morgan fingerprint density at radius 2 is 2.05 bits per heavy atom. The first-order valence-corrected chi connectivity index (χ1v) is 8.35. The van der Waals surface area contributed by atoms with Crippen LogP contribution < -0.4 is 5.32 Å². The summed E-state index contributed by atoms with van der Waals surface area (Å²) < 4.78 is 5.28. The number of hydrogen-bond donors (Lipinski definition) is 1. The maximum Gasteiger partial charge on any atom is 0.0589 e. The molecule has 0 saturated heterocycles. The van der Waals surface area contributed by atoms with Crippen LogP contribution in [0.2, 0.25) is 0 Å². The molecule has 2 atom stereocenters. The van der Waals surface area contributed by atoms with E-state index < -0.39 is 0 Å². The van der Waals surface area contributed by atoms with E-state index in [9.17, 15) is 0 Å². The predicted molar refractivity (Wildman–Crippen MR) is 87.1 cm³/mol. The molecule has 0 aromatic heterocycles. The smallest absolute Gasteiger partial charge is 0.0589 e. The molecule has 0 spiro atoms. The van der Waals surface area contributed by atoms with Crippen LogP contribution >= 0.6 is 0 Å². The van der Waals surface area contributed by atoms with Crippen LogP contribution in [0.5, 0.6) is 0 Å². The van der Waals surface area contributed by atoms with Gasteiger partial charge in [0.2, 0.25) is 0 Å². The number of rotatable bonds is 9. The maximum absolute atomic E-state index is 5.28. The third kappa shape index (κ3) is 5.34. The van der Waals surface area contributed by atoms with Gasteiger partial charge < -0.3 is 15.0 Å². The van der Waals surface area contributed by atoms with E-state index in [0.717, 1.165) is 31.5 Å². The summed E-state index contributed by atoms with van der Waals surface area (Å²) in [5, 5.41) is 3.74. The van der Waals surface area contributed by atoms with Gasteiger partial charge in [-0.3, -0.25) is 0 Å². The third-order valence-corrected chi connectivity index (χ3v) is 4.62. The fraction of sp³-hybridized carbons (Fsp3) is 1.00. The van der Waals surface area contributed by atoms with Gasteiger partial charge in [0.1, 0.15) is 0 Å². The number of ether oxygens (including phenoxy) is 1. The van der Waals surface area contributed by atoms with Crippen LogP contribution in [0.15, 0.2) is 0 Å². The van der Waals surface area contributed by atoms with Gasteiger partial charge >= 0.3 is 0 Å². The summed E-state index contributed by atoms with van der Waals surface area (Å²) in [4.78, 5) is 2.60. The molecule has 3 nitrogen and oxygen atoms in total. The molecule has 1 aliphatic rings. The van der Waals surface area contributed by atoms with Gasteiger partial charge in [-0.05, 0) is 36.6 Å². The first-order chi connectivity index (χ1) is 9.40. The molecular formula is C17H36N2O. The SMILES string of the molecule is CCNC1C(CN(CCOC)CC(C)C)CCC1(C)C. The molecule has 0 aromatic rings. The average Bonchev–Trinajstić information content (AvgIpc) is 2.63. The maximum atomic E-state index is 5.28. The Bertz CT molecular complexity index is 266. The Kier molecular flexibility index (Phi) is 7.49. The lowest BCUT2D eigenvalue weighted by Crippen LogP contribution is -2.46. The van der Waals surface area contributed by atoms with Gasteiger partial charge in [-0.2, -0.15) is 0 Å². The number of hydrogen-bond acceptors (Lipinski definition) is 3. The molecule has 0 heterocycles. The molecular weight excluding hydrogens is 248 g/mol.